The summed E-state index contributed by atoms with van der Waals surface area (Å²) in [7, 11) is 63.2. The maximum Gasteiger partial charge on any atom is 0.136 e. The summed E-state index contributed by atoms with van der Waals surface area (Å²) in [5.74, 6) is 0. The Kier molecular flexibility index (Phi) is 8.18. The smallest absolute Gasteiger partial charge is 0.136 e. The zero-order valence-electron chi connectivity index (χ0n) is 26.5. The Morgan fingerprint density at radius 1 is 0.429 bits per heavy atom. The molecular weight excluding hydrogens is 581 g/mol. The van der Waals surface area contributed by atoms with Crippen LogP contribution in [0.1, 0.15) is 11.1 Å². The van der Waals surface area contributed by atoms with Crippen molar-refractivity contribution in [3.05, 3.63) is 84.9 Å². The SMILES string of the molecule is [B]c1c([B])c([B])c(-c2ccc3c(c2)oc2cccc(-c4c(C=C)c(C=C)c(-c5c([B])c([B])c([B])c([B])c5[B])c5ccccc45)c23)c([B])c1[B]. The Balaban J connectivity index is 1.57. The van der Waals surface area contributed by atoms with Gasteiger partial charge >= 0.3 is 0 Å². The number of benzene rings is 6. The lowest BCUT2D eigenvalue weighted by Gasteiger charge is -2.26. The highest BCUT2D eigenvalue weighted by Gasteiger charge is 2.24. The van der Waals surface area contributed by atoms with Gasteiger partial charge in [-0.3, -0.25) is 0 Å². The highest BCUT2D eigenvalue weighted by atomic mass is 16.3. The van der Waals surface area contributed by atoms with Gasteiger partial charge in [0.1, 0.15) is 89.6 Å². The summed E-state index contributed by atoms with van der Waals surface area (Å²) in [6, 6.07) is 19.6. The van der Waals surface area contributed by atoms with Gasteiger partial charge < -0.3 is 4.42 Å². The number of rotatable bonds is 5. The molecule has 0 N–H and O–H groups in total. The monoisotopic (exact) mass is 598 g/mol. The van der Waals surface area contributed by atoms with Gasteiger partial charge in [0.2, 0.25) is 0 Å². The highest BCUT2D eigenvalue weighted by Crippen LogP contribution is 2.46. The Morgan fingerprint density at radius 3 is 1.47 bits per heavy atom. The summed E-state index contributed by atoms with van der Waals surface area (Å²) in [5.41, 5.74) is 8.85. The van der Waals surface area contributed by atoms with Gasteiger partial charge in [-0.2, -0.15) is 0 Å². The van der Waals surface area contributed by atoms with Crippen LogP contribution in [0.4, 0.5) is 0 Å². The van der Waals surface area contributed by atoms with Crippen LogP contribution in [0.3, 0.4) is 0 Å². The summed E-state index contributed by atoms with van der Waals surface area (Å²) < 4.78 is 6.46. The molecule has 0 bridgehead atoms. The van der Waals surface area contributed by atoms with Crippen molar-refractivity contribution in [1.82, 2.24) is 0 Å². The van der Waals surface area contributed by atoms with Gasteiger partial charge in [0.15, 0.2) is 0 Å². The minimum absolute atomic E-state index is 0.138. The fourth-order valence-electron chi connectivity index (χ4n) is 6.93. The molecule has 1 aromatic heterocycles. The molecule has 0 aliphatic rings. The molecule has 0 aliphatic carbocycles. The topological polar surface area (TPSA) is 13.1 Å². The van der Waals surface area contributed by atoms with E-state index in [-0.39, 0.29) is 54.6 Å². The summed E-state index contributed by atoms with van der Waals surface area (Å²) >= 11 is 0. The molecular formula is C38H16B10O. The first-order valence-corrected chi connectivity index (χ1v) is 15.2. The van der Waals surface area contributed by atoms with Crippen molar-refractivity contribution in [1.29, 1.82) is 0 Å². The second-order valence-corrected chi connectivity index (χ2v) is 11.9. The second kappa shape index (κ2) is 12.1. The van der Waals surface area contributed by atoms with E-state index in [1.54, 1.807) is 12.2 Å². The molecule has 1 nitrogen and oxygen atoms in total. The number of fused-ring (bicyclic) bond motifs is 4. The largest absolute Gasteiger partial charge is 0.456 e. The third-order valence-corrected chi connectivity index (χ3v) is 9.41. The van der Waals surface area contributed by atoms with Gasteiger partial charge in [0.05, 0.1) is 0 Å². The van der Waals surface area contributed by atoms with E-state index >= 15 is 0 Å². The second-order valence-electron chi connectivity index (χ2n) is 11.9. The lowest BCUT2D eigenvalue weighted by Crippen LogP contribution is -2.55. The molecule has 49 heavy (non-hydrogen) atoms. The van der Waals surface area contributed by atoms with Gasteiger partial charge in [-0.1, -0.05) is 89.6 Å². The first-order chi connectivity index (χ1) is 23.4. The van der Waals surface area contributed by atoms with E-state index in [4.69, 9.17) is 82.9 Å². The maximum absolute atomic E-state index is 6.61. The van der Waals surface area contributed by atoms with Crippen LogP contribution in [0.5, 0.6) is 0 Å². The van der Waals surface area contributed by atoms with Crippen LogP contribution in [-0.2, 0) is 0 Å². The van der Waals surface area contributed by atoms with Crippen molar-refractivity contribution in [3.8, 4) is 33.4 Å². The summed E-state index contributed by atoms with van der Waals surface area (Å²) in [6.45, 7) is 8.40. The van der Waals surface area contributed by atoms with Crippen LogP contribution in [0.25, 0.3) is 78.2 Å². The average molecular weight is 597 g/mol. The van der Waals surface area contributed by atoms with Crippen molar-refractivity contribution >= 4 is 178 Å². The summed E-state index contributed by atoms with van der Waals surface area (Å²) in [5, 5.41) is 3.49. The quantitative estimate of drug-likeness (QED) is 0.232. The molecule has 0 atom stereocenters. The van der Waals surface area contributed by atoms with Gasteiger partial charge in [-0.15, -0.1) is 32.8 Å². The Labute approximate surface area is 299 Å². The van der Waals surface area contributed by atoms with Crippen LogP contribution in [-0.4, -0.2) is 78.5 Å². The van der Waals surface area contributed by atoms with Gasteiger partial charge in [0, 0.05) is 10.8 Å². The van der Waals surface area contributed by atoms with Crippen molar-refractivity contribution in [2.45, 2.75) is 0 Å². The van der Waals surface area contributed by atoms with Crippen LogP contribution < -0.4 is 54.6 Å². The molecule has 7 aromatic rings. The first-order valence-electron chi connectivity index (χ1n) is 15.2. The Bertz CT molecular complexity index is 2540. The Morgan fingerprint density at radius 2 is 0.918 bits per heavy atom. The molecule has 0 aliphatic heterocycles. The molecule has 0 saturated heterocycles. The third-order valence-electron chi connectivity index (χ3n) is 9.41. The van der Waals surface area contributed by atoms with Gasteiger partial charge in [-0.25, -0.2) is 0 Å². The van der Waals surface area contributed by atoms with E-state index in [9.17, 15) is 0 Å². The summed E-state index contributed by atoms with van der Waals surface area (Å²) in [6.07, 6.45) is 3.54. The van der Waals surface area contributed by atoms with Crippen LogP contribution in [0.2, 0.25) is 0 Å². The summed E-state index contributed by atoms with van der Waals surface area (Å²) in [4.78, 5) is 0. The number of hydrogen-bond donors (Lipinski definition) is 0. The lowest BCUT2D eigenvalue weighted by atomic mass is 9.59. The molecule has 7 rings (SSSR count). The van der Waals surface area contributed by atoms with E-state index in [0.29, 0.717) is 33.4 Å². The van der Waals surface area contributed by atoms with Gasteiger partial charge in [0.25, 0.3) is 0 Å². The maximum atomic E-state index is 6.61. The minimum Gasteiger partial charge on any atom is -0.456 e. The van der Waals surface area contributed by atoms with E-state index in [1.807, 2.05) is 60.7 Å². The molecule has 6 aromatic carbocycles. The van der Waals surface area contributed by atoms with Crippen LogP contribution >= 0.6 is 0 Å². The molecule has 20 radical (unpaired) electrons. The molecule has 204 valence electrons. The standard InChI is InChI=1S/C38H16B10O/c1-3-16-17(4-2)27(28-31(41)35(45)38(48)36(46)32(28)42)19-9-6-5-8-18(19)25(16)21-10-7-11-22-26(21)20-13-12-15(14-23(20)49-22)24-29(39)33(43)37(47)34(44)30(24)40/h3-14H,1-2H2. The molecule has 0 spiro atoms. The Hall–Kier alpha value is -4.49. The van der Waals surface area contributed by atoms with Gasteiger partial charge in [-0.05, 0) is 73.5 Å². The normalized spacial score (nSPS) is 11.4. The van der Waals surface area contributed by atoms with Crippen molar-refractivity contribution in [2.24, 2.45) is 0 Å². The van der Waals surface area contributed by atoms with E-state index in [1.165, 1.54) is 0 Å². The average Bonchev–Trinajstić information content (AvgIpc) is 3.49. The van der Waals surface area contributed by atoms with E-state index < -0.39 is 0 Å². The highest BCUT2D eigenvalue weighted by molar-refractivity contribution is 6.70. The molecule has 0 unspecified atom stereocenters. The zero-order chi connectivity index (χ0) is 35.0. The molecule has 11 heteroatoms. The van der Waals surface area contributed by atoms with Crippen molar-refractivity contribution in [2.75, 3.05) is 0 Å². The van der Waals surface area contributed by atoms with Crippen LogP contribution in [0.15, 0.2) is 78.2 Å². The fourth-order valence-corrected chi connectivity index (χ4v) is 6.93. The molecule has 0 fully saturated rings. The molecule has 0 amide bonds. The predicted molar refractivity (Wildman–Crippen MR) is 222 cm³/mol. The van der Waals surface area contributed by atoms with Crippen molar-refractivity contribution < 1.29 is 4.42 Å². The van der Waals surface area contributed by atoms with Crippen molar-refractivity contribution in [3.63, 3.8) is 0 Å². The van der Waals surface area contributed by atoms with Crippen LogP contribution in [0, 0.1) is 0 Å². The van der Waals surface area contributed by atoms with E-state index in [2.05, 4.69) is 13.2 Å². The zero-order valence-corrected chi connectivity index (χ0v) is 26.5. The minimum atomic E-state index is 0.138. The lowest BCUT2D eigenvalue weighted by molar-refractivity contribution is 0.669. The molecule has 0 saturated carbocycles. The number of hydrogen-bond acceptors (Lipinski definition) is 1. The third kappa shape index (κ3) is 4.76. The molecule has 1 heterocycles. The number of furan rings is 1. The van der Waals surface area contributed by atoms with E-state index in [0.717, 1.165) is 43.8 Å². The first kappa shape index (κ1) is 33.0. The fraction of sp³-hybridized carbons (Fsp3) is 0. The predicted octanol–water partition coefficient (Wildman–Crippen LogP) is -1.04.